The van der Waals surface area contributed by atoms with Gasteiger partial charge in [-0.2, -0.15) is 0 Å². The molecular weight excluding hydrogens is 234 g/mol. The first kappa shape index (κ1) is 14.3. The van der Waals surface area contributed by atoms with Crippen molar-refractivity contribution in [3.63, 3.8) is 0 Å². The van der Waals surface area contributed by atoms with Crippen LogP contribution in [0, 0.1) is 0 Å². The predicted molar refractivity (Wildman–Crippen MR) is 68.2 cm³/mol. The van der Waals surface area contributed by atoms with Gasteiger partial charge in [-0.3, -0.25) is 4.90 Å². The third kappa shape index (κ3) is 2.26. The first-order valence-corrected chi connectivity index (χ1v) is 5.51. The van der Waals surface area contributed by atoms with Gasteiger partial charge in [0, 0.05) is 11.6 Å². The summed E-state index contributed by atoms with van der Waals surface area (Å²) in [5.41, 5.74) is -0.569. The Morgan fingerprint density at radius 3 is 2.28 bits per heavy atom. The van der Waals surface area contributed by atoms with Gasteiger partial charge in [0.2, 0.25) is 0 Å². The monoisotopic (exact) mass is 253 g/mol. The first-order chi connectivity index (χ1) is 8.37. The van der Waals surface area contributed by atoms with Crippen molar-refractivity contribution in [3.8, 4) is 11.5 Å². The maximum Gasteiger partial charge on any atom is 0.328 e. The van der Waals surface area contributed by atoms with E-state index in [-0.39, 0.29) is 0 Å². The molecule has 1 aromatic rings. The molecule has 0 fully saturated rings. The lowest BCUT2D eigenvalue weighted by molar-refractivity contribution is -0.149. The molecule has 1 unspecified atom stereocenters. The minimum Gasteiger partial charge on any atom is -0.497 e. The van der Waals surface area contributed by atoms with E-state index in [1.807, 2.05) is 0 Å². The number of likely N-dealkylation sites (N-methyl/N-ethyl adjacent to an activating group) is 1. The number of aliphatic carboxylic acids is 1. The van der Waals surface area contributed by atoms with Crippen LogP contribution >= 0.6 is 0 Å². The van der Waals surface area contributed by atoms with Crippen LogP contribution in [0.5, 0.6) is 11.5 Å². The standard InChI is InChI=1S/C13H19NO4/c1-13(12(15)16,14(2)3)10-7-6-9(17-4)8-11(10)18-5/h6-8H,1-5H3,(H,15,16). The van der Waals surface area contributed by atoms with Gasteiger partial charge in [-0.15, -0.1) is 0 Å². The fourth-order valence-corrected chi connectivity index (χ4v) is 1.75. The smallest absolute Gasteiger partial charge is 0.328 e. The van der Waals surface area contributed by atoms with Gasteiger partial charge in [-0.1, -0.05) is 0 Å². The van der Waals surface area contributed by atoms with Crippen molar-refractivity contribution in [2.24, 2.45) is 0 Å². The number of benzene rings is 1. The maximum atomic E-state index is 11.6. The lowest BCUT2D eigenvalue weighted by Gasteiger charge is -2.33. The summed E-state index contributed by atoms with van der Waals surface area (Å²) in [4.78, 5) is 13.2. The number of ether oxygens (including phenoxy) is 2. The molecule has 1 N–H and O–H groups in total. The molecule has 18 heavy (non-hydrogen) atoms. The van der Waals surface area contributed by atoms with Crippen LogP contribution in [0.3, 0.4) is 0 Å². The second kappa shape index (κ2) is 5.27. The highest BCUT2D eigenvalue weighted by Gasteiger charge is 2.40. The zero-order chi connectivity index (χ0) is 13.9. The number of carboxylic acids is 1. The number of carbonyl (C=O) groups is 1. The Bertz CT molecular complexity index is 445. The zero-order valence-electron chi connectivity index (χ0n) is 11.4. The molecule has 0 aliphatic carbocycles. The molecule has 0 aliphatic heterocycles. The summed E-state index contributed by atoms with van der Waals surface area (Å²) in [6.45, 7) is 1.64. The number of nitrogens with zero attached hydrogens (tertiary/aromatic N) is 1. The van der Waals surface area contributed by atoms with Crippen molar-refractivity contribution in [2.45, 2.75) is 12.5 Å². The lowest BCUT2D eigenvalue weighted by Crippen LogP contribution is -2.45. The third-order valence-corrected chi connectivity index (χ3v) is 3.24. The molecule has 0 spiro atoms. The summed E-state index contributed by atoms with van der Waals surface area (Å²) in [5, 5.41) is 9.47. The molecule has 0 bridgehead atoms. The molecule has 1 rings (SSSR count). The Morgan fingerprint density at radius 1 is 1.28 bits per heavy atom. The number of carboxylic acid groups (broad SMARTS) is 1. The van der Waals surface area contributed by atoms with Crippen molar-refractivity contribution in [1.82, 2.24) is 4.90 Å². The van der Waals surface area contributed by atoms with Crippen molar-refractivity contribution in [1.29, 1.82) is 0 Å². The second-order valence-electron chi connectivity index (χ2n) is 4.34. The van der Waals surface area contributed by atoms with Crippen LogP contribution in [0.2, 0.25) is 0 Å². The van der Waals surface area contributed by atoms with Crippen LogP contribution in [-0.4, -0.2) is 44.3 Å². The highest BCUT2D eigenvalue weighted by atomic mass is 16.5. The summed E-state index contributed by atoms with van der Waals surface area (Å²) in [6, 6.07) is 5.12. The Hall–Kier alpha value is -1.75. The predicted octanol–water partition coefficient (Wildman–Crippen LogP) is 1.57. The van der Waals surface area contributed by atoms with E-state index in [1.165, 1.54) is 7.11 Å². The molecule has 0 aliphatic rings. The Balaban J connectivity index is 3.42. The van der Waals surface area contributed by atoms with E-state index < -0.39 is 11.5 Å². The van der Waals surface area contributed by atoms with Crippen LogP contribution in [0.4, 0.5) is 0 Å². The summed E-state index contributed by atoms with van der Waals surface area (Å²) in [6.07, 6.45) is 0. The van der Waals surface area contributed by atoms with Gasteiger partial charge < -0.3 is 14.6 Å². The van der Waals surface area contributed by atoms with Crippen LogP contribution in [0.15, 0.2) is 18.2 Å². The topological polar surface area (TPSA) is 59.0 Å². The van der Waals surface area contributed by atoms with Crippen LogP contribution in [0.1, 0.15) is 12.5 Å². The summed E-state index contributed by atoms with van der Waals surface area (Å²) in [5.74, 6) is 0.186. The molecule has 100 valence electrons. The average molecular weight is 253 g/mol. The van der Waals surface area contributed by atoms with Crippen LogP contribution < -0.4 is 9.47 Å². The zero-order valence-corrected chi connectivity index (χ0v) is 11.4. The number of methoxy groups -OCH3 is 2. The van der Waals surface area contributed by atoms with E-state index in [0.717, 1.165) is 0 Å². The summed E-state index contributed by atoms with van der Waals surface area (Å²) < 4.78 is 10.4. The second-order valence-corrected chi connectivity index (χ2v) is 4.34. The van der Waals surface area contributed by atoms with Gasteiger partial charge >= 0.3 is 5.97 Å². The highest BCUT2D eigenvalue weighted by Crippen LogP contribution is 2.36. The van der Waals surface area contributed by atoms with Gasteiger partial charge in [-0.25, -0.2) is 4.79 Å². The fraction of sp³-hybridized carbons (Fsp3) is 0.462. The quantitative estimate of drug-likeness (QED) is 0.863. The van der Waals surface area contributed by atoms with Gasteiger partial charge in [0.25, 0.3) is 0 Å². The molecule has 1 atom stereocenters. The maximum absolute atomic E-state index is 11.6. The summed E-state index contributed by atoms with van der Waals surface area (Å²) >= 11 is 0. The lowest BCUT2D eigenvalue weighted by atomic mass is 9.90. The minimum atomic E-state index is -1.16. The van der Waals surface area contributed by atoms with Gasteiger partial charge in [-0.05, 0) is 33.2 Å². The Kier molecular flexibility index (Phi) is 4.19. The van der Waals surface area contributed by atoms with Crippen molar-refractivity contribution in [3.05, 3.63) is 23.8 Å². The number of hydrogen-bond donors (Lipinski definition) is 1. The SMILES string of the molecule is COc1ccc(C(C)(C(=O)O)N(C)C)c(OC)c1. The molecule has 0 saturated carbocycles. The normalized spacial score (nSPS) is 14.1. The van der Waals surface area contributed by atoms with Crippen molar-refractivity contribution in [2.75, 3.05) is 28.3 Å². The van der Waals surface area contributed by atoms with Gasteiger partial charge in [0.1, 0.15) is 17.0 Å². The minimum absolute atomic E-state index is 0.493. The van der Waals surface area contributed by atoms with Crippen LogP contribution in [-0.2, 0) is 10.3 Å². The van der Waals surface area contributed by atoms with E-state index >= 15 is 0 Å². The van der Waals surface area contributed by atoms with Crippen LogP contribution in [0.25, 0.3) is 0 Å². The number of rotatable bonds is 5. The van der Waals surface area contributed by atoms with E-state index in [2.05, 4.69) is 0 Å². The average Bonchev–Trinajstić information content (AvgIpc) is 2.36. The number of hydrogen-bond acceptors (Lipinski definition) is 4. The third-order valence-electron chi connectivity index (χ3n) is 3.24. The largest absolute Gasteiger partial charge is 0.497 e. The highest BCUT2D eigenvalue weighted by molar-refractivity contribution is 5.81. The Morgan fingerprint density at radius 2 is 1.89 bits per heavy atom. The molecular formula is C13H19NO4. The van der Waals surface area contributed by atoms with Crippen molar-refractivity contribution < 1.29 is 19.4 Å². The Labute approximate surface area is 107 Å². The fourth-order valence-electron chi connectivity index (χ4n) is 1.75. The molecule has 5 heteroatoms. The van der Waals surface area contributed by atoms with E-state index in [9.17, 15) is 9.90 Å². The molecule has 5 nitrogen and oxygen atoms in total. The van der Waals surface area contributed by atoms with Gasteiger partial charge in [0.05, 0.1) is 14.2 Å². The van der Waals surface area contributed by atoms with Gasteiger partial charge in [0.15, 0.2) is 0 Å². The molecule has 0 heterocycles. The van der Waals surface area contributed by atoms with Crippen molar-refractivity contribution >= 4 is 5.97 Å². The summed E-state index contributed by atoms with van der Waals surface area (Å²) in [7, 11) is 6.50. The molecule has 0 saturated heterocycles. The molecule has 1 aromatic carbocycles. The molecule has 0 amide bonds. The van der Waals surface area contributed by atoms with E-state index in [1.54, 1.807) is 51.2 Å². The molecule has 0 radical (unpaired) electrons. The molecule has 0 aromatic heterocycles. The van der Waals surface area contributed by atoms with E-state index in [0.29, 0.717) is 17.1 Å². The van der Waals surface area contributed by atoms with E-state index in [4.69, 9.17) is 9.47 Å². The first-order valence-electron chi connectivity index (χ1n) is 5.51.